The van der Waals surface area contributed by atoms with Gasteiger partial charge in [0.1, 0.15) is 6.04 Å². The predicted octanol–water partition coefficient (Wildman–Crippen LogP) is 2.48. The molecule has 0 saturated heterocycles. The van der Waals surface area contributed by atoms with E-state index in [9.17, 15) is 4.79 Å². The number of rotatable bonds is 4. The maximum atomic E-state index is 12.2. The number of aromatic nitrogens is 2. The van der Waals surface area contributed by atoms with Gasteiger partial charge in [0.25, 0.3) is 0 Å². The van der Waals surface area contributed by atoms with Crippen LogP contribution in [-0.4, -0.2) is 21.7 Å². The van der Waals surface area contributed by atoms with E-state index in [1.54, 1.807) is 10.9 Å². The molecule has 5 nitrogen and oxygen atoms in total. The summed E-state index contributed by atoms with van der Waals surface area (Å²) in [6, 6.07) is 5.62. The average molecular weight is 272 g/mol. The van der Waals surface area contributed by atoms with E-state index in [-0.39, 0.29) is 11.9 Å². The highest BCUT2D eigenvalue weighted by molar-refractivity contribution is 5.97. The molecule has 106 valence electrons. The Balaban J connectivity index is 2.04. The number of nitrogens with zero attached hydrogens (tertiary/aromatic N) is 2. The highest BCUT2D eigenvalue weighted by atomic mass is 16.2. The number of carbonyl (C=O) groups excluding carboxylic acids is 1. The molecule has 5 heteroatoms. The fraction of sp³-hybridized carbons (Fsp3) is 0.333. The molecular formula is C15H20N4O. The first-order chi connectivity index (χ1) is 9.47. The van der Waals surface area contributed by atoms with Crippen LogP contribution < -0.4 is 10.6 Å². The van der Waals surface area contributed by atoms with Crippen molar-refractivity contribution in [2.45, 2.75) is 26.8 Å². The van der Waals surface area contributed by atoms with Crippen LogP contribution in [0.1, 0.15) is 18.1 Å². The van der Waals surface area contributed by atoms with Gasteiger partial charge in [-0.15, -0.1) is 0 Å². The zero-order chi connectivity index (χ0) is 14.7. The van der Waals surface area contributed by atoms with Crippen LogP contribution >= 0.6 is 0 Å². The summed E-state index contributed by atoms with van der Waals surface area (Å²) < 4.78 is 1.69. The average Bonchev–Trinajstić information content (AvgIpc) is 2.79. The zero-order valence-electron chi connectivity index (χ0n) is 12.3. The smallest absolute Gasteiger partial charge is 0.246 e. The summed E-state index contributed by atoms with van der Waals surface area (Å²) in [5.41, 5.74) is 3.84. The molecule has 0 bridgehead atoms. The second-order valence-electron chi connectivity index (χ2n) is 5.02. The topological polar surface area (TPSA) is 59.0 Å². The molecule has 2 N–H and O–H groups in total. The van der Waals surface area contributed by atoms with Gasteiger partial charge in [0.2, 0.25) is 5.91 Å². The van der Waals surface area contributed by atoms with Crippen LogP contribution in [0.15, 0.2) is 30.6 Å². The van der Waals surface area contributed by atoms with Gasteiger partial charge in [-0.05, 0) is 31.9 Å². The van der Waals surface area contributed by atoms with Gasteiger partial charge in [-0.1, -0.05) is 18.2 Å². The molecule has 0 aliphatic carbocycles. The van der Waals surface area contributed by atoms with Crippen LogP contribution in [-0.2, 0) is 11.8 Å². The summed E-state index contributed by atoms with van der Waals surface area (Å²) in [6.45, 7) is 5.81. The third-order valence-corrected chi connectivity index (χ3v) is 3.21. The number of hydrogen-bond donors (Lipinski definition) is 2. The molecule has 0 radical (unpaired) electrons. The fourth-order valence-corrected chi connectivity index (χ4v) is 2.05. The first kappa shape index (κ1) is 14.1. The van der Waals surface area contributed by atoms with Gasteiger partial charge < -0.3 is 10.6 Å². The number of amides is 1. The Bertz CT molecular complexity index is 598. The van der Waals surface area contributed by atoms with Crippen molar-refractivity contribution < 1.29 is 4.79 Å². The number of anilines is 2. The van der Waals surface area contributed by atoms with Crippen LogP contribution in [0.2, 0.25) is 0 Å². The van der Waals surface area contributed by atoms with Gasteiger partial charge in [0.15, 0.2) is 0 Å². The number of hydrogen-bond acceptors (Lipinski definition) is 3. The lowest BCUT2D eigenvalue weighted by Gasteiger charge is -2.16. The molecule has 0 saturated carbocycles. The van der Waals surface area contributed by atoms with Gasteiger partial charge in [-0.25, -0.2) is 0 Å². The molecule has 0 spiro atoms. The molecule has 1 aromatic carbocycles. The Hall–Kier alpha value is -2.30. The fourth-order valence-electron chi connectivity index (χ4n) is 2.05. The first-order valence-electron chi connectivity index (χ1n) is 6.59. The van der Waals surface area contributed by atoms with Crippen molar-refractivity contribution in [2.24, 2.45) is 7.05 Å². The standard InChI is InChI=1S/C15H20N4O/c1-10-6-5-7-11(2)14(10)18-15(20)12(3)17-13-8-16-19(4)9-13/h5-9,12,17H,1-4H3,(H,18,20). The molecule has 2 rings (SSSR count). The third kappa shape index (κ3) is 3.17. The minimum absolute atomic E-state index is 0.0637. The molecule has 1 amide bonds. The number of aryl methyl sites for hydroxylation is 3. The Labute approximate surface area is 119 Å². The molecule has 0 fully saturated rings. The van der Waals surface area contributed by atoms with E-state index < -0.39 is 0 Å². The second-order valence-corrected chi connectivity index (χ2v) is 5.02. The number of para-hydroxylation sites is 1. The lowest BCUT2D eigenvalue weighted by molar-refractivity contribution is -0.116. The molecule has 20 heavy (non-hydrogen) atoms. The van der Waals surface area contributed by atoms with Gasteiger partial charge in [-0.3, -0.25) is 9.48 Å². The summed E-state index contributed by atoms with van der Waals surface area (Å²) in [5, 5.41) is 10.2. The van der Waals surface area contributed by atoms with Crippen molar-refractivity contribution in [1.29, 1.82) is 0 Å². The summed E-state index contributed by atoms with van der Waals surface area (Å²) >= 11 is 0. The second kappa shape index (κ2) is 5.77. The largest absolute Gasteiger partial charge is 0.371 e. The highest BCUT2D eigenvalue weighted by Gasteiger charge is 2.15. The van der Waals surface area contributed by atoms with E-state index in [0.717, 1.165) is 22.5 Å². The Morgan fingerprint density at radius 2 is 1.95 bits per heavy atom. The minimum Gasteiger partial charge on any atom is -0.371 e. The first-order valence-corrected chi connectivity index (χ1v) is 6.59. The SMILES string of the molecule is Cc1cccc(C)c1NC(=O)C(C)Nc1cnn(C)c1. The summed E-state index contributed by atoms with van der Waals surface area (Å²) in [7, 11) is 1.84. The molecular weight excluding hydrogens is 252 g/mol. The summed E-state index contributed by atoms with van der Waals surface area (Å²) in [5.74, 6) is -0.0637. The lowest BCUT2D eigenvalue weighted by atomic mass is 10.1. The van der Waals surface area contributed by atoms with E-state index in [1.165, 1.54) is 0 Å². The summed E-state index contributed by atoms with van der Waals surface area (Å²) in [4.78, 5) is 12.2. The quantitative estimate of drug-likeness (QED) is 0.899. The zero-order valence-corrected chi connectivity index (χ0v) is 12.3. The van der Waals surface area contributed by atoms with Crippen LogP contribution in [0.4, 0.5) is 11.4 Å². The Morgan fingerprint density at radius 3 is 2.50 bits per heavy atom. The van der Waals surface area contributed by atoms with Gasteiger partial charge in [0, 0.05) is 18.9 Å². The lowest BCUT2D eigenvalue weighted by Crippen LogP contribution is -2.32. The molecule has 0 aliphatic rings. The normalized spacial score (nSPS) is 12.0. The number of carbonyl (C=O) groups is 1. The maximum Gasteiger partial charge on any atom is 0.246 e. The van der Waals surface area contributed by atoms with Crippen molar-refractivity contribution in [2.75, 3.05) is 10.6 Å². The van der Waals surface area contributed by atoms with Gasteiger partial charge in [-0.2, -0.15) is 5.10 Å². The molecule has 2 aromatic rings. The molecule has 1 atom stereocenters. The van der Waals surface area contributed by atoms with E-state index in [0.29, 0.717) is 0 Å². The van der Waals surface area contributed by atoms with Crippen molar-refractivity contribution in [3.05, 3.63) is 41.7 Å². The number of nitrogens with one attached hydrogen (secondary N) is 2. The van der Waals surface area contributed by atoms with Gasteiger partial charge >= 0.3 is 0 Å². The van der Waals surface area contributed by atoms with Crippen LogP contribution in [0, 0.1) is 13.8 Å². The third-order valence-electron chi connectivity index (χ3n) is 3.21. The van der Waals surface area contributed by atoms with E-state index in [1.807, 2.05) is 52.2 Å². The maximum absolute atomic E-state index is 12.2. The monoisotopic (exact) mass is 272 g/mol. The molecule has 1 aromatic heterocycles. The molecule has 0 aliphatic heterocycles. The van der Waals surface area contributed by atoms with Crippen LogP contribution in [0.25, 0.3) is 0 Å². The Morgan fingerprint density at radius 1 is 1.30 bits per heavy atom. The minimum atomic E-state index is -0.335. The Kier molecular flexibility index (Phi) is 4.08. The van der Waals surface area contributed by atoms with E-state index >= 15 is 0 Å². The van der Waals surface area contributed by atoms with Crippen LogP contribution in [0.5, 0.6) is 0 Å². The van der Waals surface area contributed by atoms with Crippen LogP contribution in [0.3, 0.4) is 0 Å². The van der Waals surface area contributed by atoms with E-state index in [2.05, 4.69) is 15.7 Å². The number of benzene rings is 1. The summed E-state index contributed by atoms with van der Waals surface area (Å²) in [6.07, 6.45) is 3.53. The molecule has 1 heterocycles. The van der Waals surface area contributed by atoms with Crippen molar-refractivity contribution in [1.82, 2.24) is 9.78 Å². The van der Waals surface area contributed by atoms with E-state index in [4.69, 9.17) is 0 Å². The van der Waals surface area contributed by atoms with Crippen molar-refractivity contribution in [3.8, 4) is 0 Å². The van der Waals surface area contributed by atoms with Gasteiger partial charge in [0.05, 0.1) is 11.9 Å². The predicted molar refractivity (Wildman–Crippen MR) is 80.8 cm³/mol. The van der Waals surface area contributed by atoms with Crippen molar-refractivity contribution >= 4 is 17.3 Å². The van der Waals surface area contributed by atoms with Crippen molar-refractivity contribution in [3.63, 3.8) is 0 Å². The highest BCUT2D eigenvalue weighted by Crippen LogP contribution is 2.19. The molecule has 1 unspecified atom stereocenters.